The molecule has 0 saturated heterocycles. The lowest BCUT2D eigenvalue weighted by Gasteiger charge is -2.13. The highest BCUT2D eigenvalue weighted by Gasteiger charge is 2.22. The number of amides is 1. The largest absolute Gasteiger partial charge is 0.481 e. The van der Waals surface area contributed by atoms with Gasteiger partial charge in [-0.2, -0.15) is 5.10 Å². The van der Waals surface area contributed by atoms with Crippen molar-refractivity contribution in [2.24, 2.45) is 13.0 Å². The lowest BCUT2D eigenvalue weighted by Crippen LogP contribution is -2.34. The summed E-state index contributed by atoms with van der Waals surface area (Å²) in [6.07, 6.45) is 0.376. The number of nitrogens with zero attached hydrogens (tertiary/aromatic N) is 2. The van der Waals surface area contributed by atoms with Crippen LogP contribution in [0.1, 0.15) is 27.3 Å². The molecule has 2 N–H and O–H groups in total. The van der Waals surface area contributed by atoms with E-state index in [9.17, 15) is 14.7 Å². The zero-order chi connectivity index (χ0) is 17.0. The Bertz CT molecular complexity index is 707. The second-order valence-corrected chi connectivity index (χ2v) is 5.60. The molecule has 1 heterocycles. The van der Waals surface area contributed by atoms with Crippen LogP contribution in [0.5, 0.6) is 0 Å². The SMILES string of the molecule is Cc1nn(C)c(C)c1C(=O)NCC(Cc1ccccc1)C(=O)O. The highest BCUT2D eigenvalue weighted by Crippen LogP contribution is 2.13. The number of aliphatic carboxylic acids is 1. The summed E-state index contributed by atoms with van der Waals surface area (Å²) in [6.45, 7) is 3.66. The van der Waals surface area contributed by atoms with Gasteiger partial charge in [0.25, 0.3) is 5.91 Å². The van der Waals surface area contributed by atoms with E-state index in [4.69, 9.17) is 0 Å². The molecule has 0 aliphatic rings. The molecule has 6 nitrogen and oxygen atoms in total. The van der Waals surface area contributed by atoms with Gasteiger partial charge in [-0.25, -0.2) is 0 Å². The molecule has 0 radical (unpaired) electrons. The van der Waals surface area contributed by atoms with E-state index in [1.807, 2.05) is 37.3 Å². The zero-order valence-corrected chi connectivity index (χ0v) is 13.5. The van der Waals surface area contributed by atoms with Gasteiger partial charge in [0, 0.05) is 19.3 Å². The van der Waals surface area contributed by atoms with Crippen LogP contribution in [-0.4, -0.2) is 33.3 Å². The van der Waals surface area contributed by atoms with Crippen LogP contribution >= 0.6 is 0 Å². The highest BCUT2D eigenvalue weighted by molar-refractivity contribution is 5.96. The van der Waals surface area contributed by atoms with Gasteiger partial charge in [0.2, 0.25) is 0 Å². The van der Waals surface area contributed by atoms with Crippen molar-refractivity contribution in [1.82, 2.24) is 15.1 Å². The first-order valence-electron chi connectivity index (χ1n) is 7.45. The number of hydrogen-bond acceptors (Lipinski definition) is 3. The number of carboxylic acid groups (broad SMARTS) is 1. The van der Waals surface area contributed by atoms with Gasteiger partial charge >= 0.3 is 5.97 Å². The van der Waals surface area contributed by atoms with E-state index in [1.54, 1.807) is 18.7 Å². The van der Waals surface area contributed by atoms with E-state index in [-0.39, 0.29) is 12.5 Å². The van der Waals surface area contributed by atoms with Gasteiger partial charge in [0.15, 0.2) is 0 Å². The van der Waals surface area contributed by atoms with Crippen molar-refractivity contribution in [3.05, 3.63) is 52.8 Å². The van der Waals surface area contributed by atoms with E-state index < -0.39 is 11.9 Å². The van der Waals surface area contributed by atoms with E-state index in [2.05, 4.69) is 10.4 Å². The molecule has 0 bridgehead atoms. The highest BCUT2D eigenvalue weighted by atomic mass is 16.4. The zero-order valence-electron chi connectivity index (χ0n) is 13.5. The van der Waals surface area contributed by atoms with Crippen LogP contribution in [0.3, 0.4) is 0 Å². The first-order valence-corrected chi connectivity index (χ1v) is 7.45. The minimum Gasteiger partial charge on any atom is -0.481 e. The summed E-state index contributed by atoms with van der Waals surface area (Å²) < 4.78 is 1.64. The molecule has 1 aromatic carbocycles. The van der Waals surface area contributed by atoms with Crippen molar-refractivity contribution in [2.45, 2.75) is 20.3 Å². The molecule has 23 heavy (non-hydrogen) atoms. The van der Waals surface area contributed by atoms with Crippen molar-refractivity contribution in [1.29, 1.82) is 0 Å². The Balaban J connectivity index is 2.04. The number of carbonyl (C=O) groups excluding carboxylic acids is 1. The maximum Gasteiger partial charge on any atom is 0.308 e. The van der Waals surface area contributed by atoms with Crippen LogP contribution in [0, 0.1) is 19.8 Å². The predicted molar refractivity (Wildman–Crippen MR) is 86.3 cm³/mol. The molecule has 1 amide bonds. The number of carbonyl (C=O) groups is 2. The summed E-state index contributed by atoms with van der Waals surface area (Å²) in [5.41, 5.74) is 2.84. The number of hydrogen-bond donors (Lipinski definition) is 2. The molecule has 2 rings (SSSR count). The summed E-state index contributed by atoms with van der Waals surface area (Å²) >= 11 is 0. The molecule has 0 fully saturated rings. The van der Waals surface area contributed by atoms with Crippen molar-refractivity contribution in [3.63, 3.8) is 0 Å². The van der Waals surface area contributed by atoms with Crippen LogP contribution in [0.15, 0.2) is 30.3 Å². The van der Waals surface area contributed by atoms with Gasteiger partial charge in [-0.15, -0.1) is 0 Å². The average molecular weight is 315 g/mol. The van der Waals surface area contributed by atoms with Gasteiger partial charge in [-0.05, 0) is 25.8 Å². The van der Waals surface area contributed by atoms with Crippen molar-refractivity contribution in [2.75, 3.05) is 6.54 Å². The van der Waals surface area contributed by atoms with Crippen molar-refractivity contribution < 1.29 is 14.7 Å². The van der Waals surface area contributed by atoms with Crippen molar-refractivity contribution >= 4 is 11.9 Å². The minimum atomic E-state index is -0.922. The monoisotopic (exact) mass is 315 g/mol. The first kappa shape index (κ1) is 16.7. The van der Waals surface area contributed by atoms with Gasteiger partial charge in [0.05, 0.1) is 17.2 Å². The summed E-state index contributed by atoms with van der Waals surface area (Å²) in [4.78, 5) is 23.7. The third kappa shape index (κ3) is 3.97. The Morgan fingerprint density at radius 3 is 2.43 bits per heavy atom. The van der Waals surface area contributed by atoms with Crippen LogP contribution < -0.4 is 5.32 Å². The molecule has 122 valence electrons. The van der Waals surface area contributed by atoms with E-state index in [0.717, 1.165) is 11.3 Å². The van der Waals surface area contributed by atoms with Gasteiger partial charge in [0.1, 0.15) is 0 Å². The average Bonchev–Trinajstić information content (AvgIpc) is 2.77. The summed E-state index contributed by atoms with van der Waals surface area (Å²) in [5, 5.41) is 16.3. The number of aromatic nitrogens is 2. The quantitative estimate of drug-likeness (QED) is 0.850. The molecule has 0 aliphatic carbocycles. The van der Waals surface area contributed by atoms with E-state index in [0.29, 0.717) is 17.7 Å². The maximum absolute atomic E-state index is 12.3. The van der Waals surface area contributed by atoms with Crippen LogP contribution in [0.25, 0.3) is 0 Å². The smallest absolute Gasteiger partial charge is 0.308 e. The predicted octanol–water partition coefficient (Wildman–Crippen LogP) is 1.71. The van der Waals surface area contributed by atoms with Gasteiger partial charge in [-0.3, -0.25) is 14.3 Å². The molecule has 1 unspecified atom stereocenters. The fourth-order valence-corrected chi connectivity index (χ4v) is 2.55. The van der Waals surface area contributed by atoms with E-state index in [1.165, 1.54) is 0 Å². The molecule has 1 atom stereocenters. The first-order chi connectivity index (χ1) is 10.9. The molecule has 0 spiro atoms. The third-order valence-electron chi connectivity index (χ3n) is 3.92. The molecular weight excluding hydrogens is 294 g/mol. The normalized spacial score (nSPS) is 12.0. The van der Waals surface area contributed by atoms with Gasteiger partial charge in [-0.1, -0.05) is 30.3 Å². The Hall–Kier alpha value is -2.63. The fraction of sp³-hybridized carbons (Fsp3) is 0.353. The standard InChI is InChI=1S/C17H21N3O3/c1-11-15(12(2)20(3)19-11)16(21)18-10-14(17(22)23)9-13-7-5-4-6-8-13/h4-8,14H,9-10H2,1-3H3,(H,18,21)(H,22,23). The summed E-state index contributed by atoms with van der Waals surface area (Å²) in [7, 11) is 1.77. The van der Waals surface area contributed by atoms with Crippen LogP contribution in [0.2, 0.25) is 0 Å². The number of carboxylic acids is 1. The Labute approximate surface area is 135 Å². The number of nitrogens with one attached hydrogen (secondary N) is 1. The Kier molecular flexibility index (Phi) is 5.16. The lowest BCUT2D eigenvalue weighted by molar-refractivity contribution is -0.141. The molecular formula is C17H21N3O3. The lowest BCUT2D eigenvalue weighted by atomic mass is 9.99. The molecule has 1 aromatic heterocycles. The second kappa shape index (κ2) is 7.09. The fourth-order valence-electron chi connectivity index (χ4n) is 2.55. The molecule has 6 heteroatoms. The maximum atomic E-state index is 12.3. The molecule has 2 aromatic rings. The number of benzene rings is 1. The van der Waals surface area contributed by atoms with Crippen LogP contribution in [0.4, 0.5) is 0 Å². The van der Waals surface area contributed by atoms with Gasteiger partial charge < -0.3 is 10.4 Å². The number of aryl methyl sites for hydroxylation is 2. The Morgan fingerprint density at radius 2 is 1.91 bits per heavy atom. The third-order valence-corrected chi connectivity index (χ3v) is 3.92. The summed E-state index contributed by atoms with van der Waals surface area (Å²) in [5.74, 6) is -1.88. The molecule has 0 aliphatic heterocycles. The number of rotatable bonds is 6. The van der Waals surface area contributed by atoms with E-state index >= 15 is 0 Å². The minimum absolute atomic E-state index is 0.0802. The topological polar surface area (TPSA) is 84.2 Å². The van der Waals surface area contributed by atoms with Crippen molar-refractivity contribution in [3.8, 4) is 0 Å². The van der Waals surface area contributed by atoms with Crippen LogP contribution in [-0.2, 0) is 18.3 Å². The molecule has 0 saturated carbocycles. The second-order valence-electron chi connectivity index (χ2n) is 5.60. The summed E-state index contributed by atoms with van der Waals surface area (Å²) in [6, 6.07) is 9.39. The Morgan fingerprint density at radius 1 is 1.26 bits per heavy atom.